The van der Waals surface area contributed by atoms with Gasteiger partial charge in [-0.2, -0.15) is 0 Å². The third-order valence-electron chi connectivity index (χ3n) is 8.33. The van der Waals surface area contributed by atoms with Gasteiger partial charge in [-0.3, -0.25) is 4.90 Å². The van der Waals surface area contributed by atoms with Crippen molar-refractivity contribution in [3.05, 3.63) is 35.4 Å². The molecule has 0 amide bonds. The SMILES string of the molecule is Cc1cc2c(cc1CN1CC3CC(Nc4ccc(S(=O)(=O)C5CCCCC5)nn4)CC3C1)OCO2. The van der Waals surface area contributed by atoms with Crippen molar-refractivity contribution in [2.45, 2.75) is 74.7 Å². The Kier molecular flexibility index (Phi) is 6.08. The van der Waals surface area contributed by atoms with Crippen LogP contribution in [0.3, 0.4) is 0 Å². The molecule has 188 valence electrons. The van der Waals surface area contributed by atoms with Crippen LogP contribution in [0.1, 0.15) is 56.1 Å². The Morgan fingerprint density at radius 2 is 1.71 bits per heavy atom. The van der Waals surface area contributed by atoms with Crippen molar-refractivity contribution in [1.29, 1.82) is 0 Å². The maximum atomic E-state index is 12.9. The van der Waals surface area contributed by atoms with Crippen LogP contribution in [0.4, 0.5) is 5.82 Å². The topological polar surface area (TPSA) is 93.7 Å². The summed E-state index contributed by atoms with van der Waals surface area (Å²) in [5.74, 6) is 3.71. The Labute approximate surface area is 207 Å². The van der Waals surface area contributed by atoms with Crippen LogP contribution < -0.4 is 14.8 Å². The summed E-state index contributed by atoms with van der Waals surface area (Å²) in [5, 5.41) is 11.7. The second-order valence-corrected chi connectivity index (χ2v) is 12.9. The lowest BCUT2D eigenvalue weighted by Crippen LogP contribution is -2.26. The molecule has 2 unspecified atom stereocenters. The summed E-state index contributed by atoms with van der Waals surface area (Å²) in [5.41, 5.74) is 2.56. The number of sulfone groups is 1. The van der Waals surface area contributed by atoms with Gasteiger partial charge < -0.3 is 14.8 Å². The number of fused-ring (bicyclic) bond motifs is 2. The first-order valence-electron chi connectivity index (χ1n) is 12.9. The van der Waals surface area contributed by atoms with Gasteiger partial charge in [0.25, 0.3) is 0 Å². The number of hydrogen-bond donors (Lipinski definition) is 1. The van der Waals surface area contributed by atoms with Crippen LogP contribution in [0.25, 0.3) is 0 Å². The molecule has 0 radical (unpaired) electrons. The molecule has 3 heterocycles. The Hall–Kier alpha value is -2.39. The zero-order valence-electron chi connectivity index (χ0n) is 20.3. The lowest BCUT2D eigenvalue weighted by Gasteiger charge is -2.21. The minimum absolute atomic E-state index is 0.118. The number of hydrogen-bond acceptors (Lipinski definition) is 8. The molecule has 2 aromatic rings. The van der Waals surface area contributed by atoms with Crippen molar-refractivity contribution in [2.75, 3.05) is 25.2 Å². The highest BCUT2D eigenvalue weighted by atomic mass is 32.2. The molecule has 2 aliphatic carbocycles. The van der Waals surface area contributed by atoms with Crippen LogP contribution in [0.15, 0.2) is 29.3 Å². The number of nitrogens with zero attached hydrogens (tertiary/aromatic N) is 3. The monoisotopic (exact) mass is 498 g/mol. The van der Waals surface area contributed by atoms with Crippen molar-refractivity contribution in [3.8, 4) is 11.5 Å². The number of rotatable bonds is 6. The van der Waals surface area contributed by atoms with E-state index in [1.807, 2.05) is 0 Å². The van der Waals surface area contributed by atoms with Gasteiger partial charge in [-0.1, -0.05) is 19.3 Å². The number of aromatic nitrogens is 2. The number of nitrogens with one attached hydrogen (secondary N) is 1. The lowest BCUT2D eigenvalue weighted by molar-refractivity contribution is 0.174. The van der Waals surface area contributed by atoms with E-state index in [0.717, 1.165) is 76.1 Å². The summed E-state index contributed by atoms with van der Waals surface area (Å²) in [4.78, 5) is 2.56. The van der Waals surface area contributed by atoms with Gasteiger partial charge in [-0.15, -0.1) is 10.2 Å². The Morgan fingerprint density at radius 1 is 1.00 bits per heavy atom. The van der Waals surface area contributed by atoms with Crippen LogP contribution in [0.2, 0.25) is 0 Å². The van der Waals surface area contributed by atoms with Gasteiger partial charge in [-0.25, -0.2) is 8.42 Å². The zero-order chi connectivity index (χ0) is 24.0. The van der Waals surface area contributed by atoms with Gasteiger partial charge in [0.15, 0.2) is 26.4 Å². The summed E-state index contributed by atoms with van der Waals surface area (Å²) < 4.78 is 36.8. The molecular formula is C26H34N4O4S. The first-order chi connectivity index (χ1) is 17.0. The van der Waals surface area contributed by atoms with Gasteiger partial charge in [0.2, 0.25) is 6.79 Å². The molecule has 0 spiro atoms. The summed E-state index contributed by atoms with van der Waals surface area (Å²) in [6, 6.07) is 7.99. The fourth-order valence-corrected chi connectivity index (χ4v) is 8.15. The van der Waals surface area contributed by atoms with Crippen LogP contribution in [-0.4, -0.2) is 54.7 Å². The van der Waals surface area contributed by atoms with Gasteiger partial charge in [0.05, 0.1) is 5.25 Å². The predicted molar refractivity (Wildman–Crippen MR) is 132 cm³/mol. The number of ether oxygens (including phenoxy) is 2. The van der Waals surface area contributed by atoms with Gasteiger partial charge in [0, 0.05) is 25.7 Å². The Bertz CT molecular complexity index is 1170. The molecule has 1 aromatic carbocycles. The molecule has 2 aliphatic heterocycles. The fourth-order valence-electron chi connectivity index (χ4n) is 6.45. The molecule has 2 atom stereocenters. The molecule has 0 bridgehead atoms. The highest BCUT2D eigenvalue weighted by Crippen LogP contribution is 2.41. The molecule has 1 N–H and O–H groups in total. The molecule has 1 saturated heterocycles. The molecule has 35 heavy (non-hydrogen) atoms. The van der Waals surface area contributed by atoms with Crippen molar-refractivity contribution in [3.63, 3.8) is 0 Å². The normalized spacial score (nSPS) is 26.7. The molecular weight excluding hydrogens is 464 g/mol. The second-order valence-electron chi connectivity index (χ2n) is 10.7. The molecule has 1 aromatic heterocycles. The standard InChI is InChI=1S/C26H34N4O4S/c1-17-9-23-24(34-16-33-23)12-18(17)13-30-14-19-10-21(11-20(19)15-30)27-25-7-8-26(29-28-25)35(31,32)22-5-3-2-4-6-22/h7-9,12,19-22H,2-6,10-11,13-16H2,1H3,(H,27,28). The van der Waals surface area contributed by atoms with Crippen molar-refractivity contribution >= 4 is 15.7 Å². The minimum Gasteiger partial charge on any atom is -0.454 e. The average molecular weight is 499 g/mol. The van der Waals surface area contributed by atoms with E-state index in [1.54, 1.807) is 12.1 Å². The van der Waals surface area contributed by atoms with E-state index in [1.165, 1.54) is 11.1 Å². The minimum atomic E-state index is -3.38. The van der Waals surface area contributed by atoms with Crippen molar-refractivity contribution < 1.29 is 17.9 Å². The van der Waals surface area contributed by atoms with Gasteiger partial charge in [-0.05, 0) is 79.8 Å². The maximum absolute atomic E-state index is 12.9. The average Bonchev–Trinajstić information content (AvgIpc) is 3.55. The number of benzene rings is 1. The van der Waals surface area contributed by atoms with E-state index in [0.29, 0.717) is 30.5 Å². The highest BCUT2D eigenvalue weighted by molar-refractivity contribution is 7.92. The van der Waals surface area contributed by atoms with E-state index in [4.69, 9.17) is 9.47 Å². The summed E-state index contributed by atoms with van der Waals surface area (Å²) in [6.45, 7) is 5.59. The number of aryl methyl sites for hydroxylation is 1. The fraction of sp³-hybridized carbons (Fsp3) is 0.615. The molecule has 6 rings (SSSR count). The second kappa shape index (κ2) is 9.24. The van der Waals surface area contributed by atoms with Gasteiger partial charge in [0.1, 0.15) is 5.82 Å². The van der Waals surface area contributed by atoms with E-state index < -0.39 is 9.84 Å². The molecule has 4 aliphatic rings. The van der Waals surface area contributed by atoms with Crippen LogP contribution in [0, 0.1) is 18.8 Å². The lowest BCUT2D eigenvalue weighted by atomic mass is 10.0. The summed E-state index contributed by atoms with van der Waals surface area (Å²) in [7, 11) is -3.38. The quantitative estimate of drug-likeness (QED) is 0.640. The Balaban J connectivity index is 1.03. The largest absolute Gasteiger partial charge is 0.454 e. The van der Waals surface area contributed by atoms with Crippen molar-refractivity contribution in [2.24, 2.45) is 11.8 Å². The van der Waals surface area contributed by atoms with E-state index in [2.05, 4.69) is 39.5 Å². The zero-order valence-corrected chi connectivity index (χ0v) is 21.1. The predicted octanol–water partition coefficient (Wildman–Crippen LogP) is 3.94. The van der Waals surface area contributed by atoms with E-state index >= 15 is 0 Å². The van der Waals surface area contributed by atoms with E-state index in [-0.39, 0.29) is 10.3 Å². The third-order valence-corrected chi connectivity index (χ3v) is 10.5. The Morgan fingerprint density at radius 3 is 2.40 bits per heavy atom. The number of likely N-dealkylation sites (tertiary alicyclic amines) is 1. The first kappa shape index (κ1) is 23.0. The summed E-state index contributed by atoms with van der Waals surface area (Å²) >= 11 is 0. The van der Waals surface area contributed by atoms with Gasteiger partial charge >= 0.3 is 0 Å². The molecule has 9 heteroatoms. The maximum Gasteiger partial charge on any atom is 0.231 e. The third kappa shape index (κ3) is 4.60. The highest BCUT2D eigenvalue weighted by Gasteiger charge is 2.41. The van der Waals surface area contributed by atoms with E-state index in [9.17, 15) is 8.42 Å². The smallest absolute Gasteiger partial charge is 0.231 e. The molecule has 3 fully saturated rings. The van der Waals surface area contributed by atoms with Crippen LogP contribution >= 0.6 is 0 Å². The molecule has 2 saturated carbocycles. The molecule has 8 nitrogen and oxygen atoms in total. The summed E-state index contributed by atoms with van der Waals surface area (Å²) in [6.07, 6.45) is 6.76. The van der Waals surface area contributed by atoms with Crippen molar-refractivity contribution in [1.82, 2.24) is 15.1 Å². The number of anilines is 1. The van der Waals surface area contributed by atoms with Crippen LogP contribution in [-0.2, 0) is 16.4 Å². The van der Waals surface area contributed by atoms with Crippen LogP contribution in [0.5, 0.6) is 11.5 Å². The first-order valence-corrected chi connectivity index (χ1v) is 14.5.